The van der Waals surface area contributed by atoms with E-state index < -0.39 is 6.10 Å². The van der Waals surface area contributed by atoms with Crippen LogP contribution in [0, 0.1) is 5.82 Å². The second-order valence-electron chi connectivity index (χ2n) is 5.85. The second kappa shape index (κ2) is 7.57. The molecule has 1 aromatic heterocycles. The first-order chi connectivity index (χ1) is 10.9. The summed E-state index contributed by atoms with van der Waals surface area (Å²) >= 11 is 0. The molecule has 1 atom stereocenters. The summed E-state index contributed by atoms with van der Waals surface area (Å²) in [6.45, 7) is 5.00. The number of halogens is 1. The Balaban J connectivity index is 2.03. The van der Waals surface area contributed by atoms with E-state index in [0.29, 0.717) is 24.5 Å². The Hall–Kier alpha value is -1.92. The average molecular weight is 321 g/mol. The second-order valence-corrected chi connectivity index (χ2v) is 5.85. The normalized spacial score (nSPS) is 12.7. The summed E-state index contributed by atoms with van der Waals surface area (Å²) in [5, 5.41) is 17.8. The van der Waals surface area contributed by atoms with Crippen LogP contribution >= 0.6 is 0 Å². The highest BCUT2D eigenvalue weighted by molar-refractivity contribution is 5.33. The highest BCUT2D eigenvalue weighted by Crippen LogP contribution is 2.27. The van der Waals surface area contributed by atoms with Crippen LogP contribution < -0.4 is 10.1 Å². The molecule has 0 aliphatic heterocycles. The highest BCUT2D eigenvalue weighted by Gasteiger charge is 2.19. The van der Waals surface area contributed by atoms with Crippen molar-refractivity contribution >= 4 is 0 Å². The lowest BCUT2D eigenvalue weighted by Crippen LogP contribution is -2.22. The molecule has 0 saturated carbocycles. The Morgan fingerprint density at radius 2 is 2.13 bits per heavy atom. The van der Waals surface area contributed by atoms with Crippen molar-refractivity contribution < 1.29 is 14.2 Å². The third-order valence-corrected chi connectivity index (χ3v) is 3.73. The van der Waals surface area contributed by atoms with E-state index in [1.807, 2.05) is 7.05 Å². The zero-order valence-corrected chi connectivity index (χ0v) is 14.0. The van der Waals surface area contributed by atoms with Crippen LogP contribution in [0.1, 0.15) is 42.7 Å². The molecule has 23 heavy (non-hydrogen) atoms. The minimum atomic E-state index is -0.768. The van der Waals surface area contributed by atoms with Crippen molar-refractivity contribution in [2.75, 3.05) is 13.7 Å². The van der Waals surface area contributed by atoms with Crippen molar-refractivity contribution in [2.45, 2.75) is 32.4 Å². The van der Waals surface area contributed by atoms with Gasteiger partial charge in [-0.05, 0) is 23.6 Å². The number of aliphatic hydroxyl groups excluding tert-OH is 1. The van der Waals surface area contributed by atoms with Crippen molar-refractivity contribution in [1.29, 1.82) is 0 Å². The van der Waals surface area contributed by atoms with Crippen molar-refractivity contribution in [3.63, 3.8) is 0 Å². The van der Waals surface area contributed by atoms with Gasteiger partial charge in [0.05, 0.1) is 24.5 Å². The van der Waals surface area contributed by atoms with Gasteiger partial charge in [0.2, 0.25) is 5.88 Å². The predicted octanol–water partition coefficient (Wildman–Crippen LogP) is 2.51. The van der Waals surface area contributed by atoms with E-state index in [-0.39, 0.29) is 11.7 Å². The minimum absolute atomic E-state index is 0.273. The number of benzene rings is 1. The molecule has 2 rings (SSSR count). The molecule has 0 saturated heterocycles. The maximum atomic E-state index is 13.2. The smallest absolute Gasteiger partial charge is 0.216 e. The van der Waals surface area contributed by atoms with Gasteiger partial charge in [0.25, 0.3) is 0 Å². The fourth-order valence-electron chi connectivity index (χ4n) is 2.62. The van der Waals surface area contributed by atoms with Gasteiger partial charge < -0.3 is 15.2 Å². The fourth-order valence-corrected chi connectivity index (χ4v) is 2.62. The Labute approximate surface area is 136 Å². The Morgan fingerprint density at radius 1 is 1.39 bits per heavy atom. The van der Waals surface area contributed by atoms with Gasteiger partial charge in [-0.25, -0.2) is 9.07 Å². The van der Waals surface area contributed by atoms with E-state index in [1.165, 1.54) is 12.1 Å². The monoisotopic (exact) mass is 321 g/mol. The van der Waals surface area contributed by atoms with Crippen LogP contribution in [-0.2, 0) is 13.6 Å². The SMILES string of the molecule is COc1c(CNC[C@@H](O)c2cccc(F)c2)c(C(C)C)nn1C. The standard InChI is InChI=1S/C17H24FN3O2/c1-11(2)16-14(17(23-4)21(3)20-16)9-19-10-15(22)12-6-5-7-13(18)8-12/h5-8,11,15,19,22H,9-10H2,1-4H3/t15-/m1/s1. The summed E-state index contributed by atoms with van der Waals surface area (Å²) in [6.07, 6.45) is -0.768. The van der Waals surface area contributed by atoms with Crippen LogP contribution in [0.4, 0.5) is 4.39 Å². The third-order valence-electron chi connectivity index (χ3n) is 3.73. The molecular formula is C17H24FN3O2. The van der Waals surface area contributed by atoms with Crippen molar-refractivity contribution in [3.05, 3.63) is 46.9 Å². The quantitative estimate of drug-likeness (QED) is 0.823. The zero-order chi connectivity index (χ0) is 17.0. The Morgan fingerprint density at radius 3 is 2.74 bits per heavy atom. The van der Waals surface area contributed by atoms with Gasteiger partial charge in [0, 0.05) is 20.1 Å². The van der Waals surface area contributed by atoms with Crippen LogP contribution in [0.5, 0.6) is 5.88 Å². The third kappa shape index (κ3) is 4.09. The molecule has 1 aromatic carbocycles. The molecule has 0 fully saturated rings. The van der Waals surface area contributed by atoms with Gasteiger partial charge >= 0.3 is 0 Å². The van der Waals surface area contributed by atoms with Gasteiger partial charge in [-0.3, -0.25) is 0 Å². The first-order valence-electron chi connectivity index (χ1n) is 7.68. The van der Waals surface area contributed by atoms with Gasteiger partial charge in [-0.1, -0.05) is 26.0 Å². The molecule has 0 unspecified atom stereocenters. The number of rotatable bonds is 7. The molecule has 0 aliphatic rings. The van der Waals surface area contributed by atoms with E-state index in [1.54, 1.807) is 23.9 Å². The first kappa shape index (κ1) is 17.4. The molecular weight excluding hydrogens is 297 g/mol. The summed E-state index contributed by atoms with van der Waals surface area (Å²) in [5.74, 6) is 0.633. The minimum Gasteiger partial charge on any atom is -0.481 e. The molecule has 0 radical (unpaired) electrons. The van der Waals surface area contributed by atoms with Gasteiger partial charge in [-0.2, -0.15) is 5.10 Å². The summed E-state index contributed by atoms with van der Waals surface area (Å²) in [5.41, 5.74) is 2.51. The van der Waals surface area contributed by atoms with Gasteiger partial charge in [0.15, 0.2) is 0 Å². The molecule has 2 N–H and O–H groups in total. The first-order valence-corrected chi connectivity index (χ1v) is 7.68. The maximum Gasteiger partial charge on any atom is 0.216 e. The van der Waals surface area contributed by atoms with Crippen LogP contribution in [0.15, 0.2) is 24.3 Å². The number of hydrogen-bond donors (Lipinski definition) is 2. The number of aliphatic hydroxyl groups is 1. The van der Waals surface area contributed by atoms with Crippen molar-refractivity contribution in [2.24, 2.45) is 7.05 Å². The van der Waals surface area contributed by atoms with Crippen LogP contribution in [0.3, 0.4) is 0 Å². The lowest BCUT2D eigenvalue weighted by Gasteiger charge is -2.13. The van der Waals surface area contributed by atoms with E-state index in [0.717, 1.165) is 11.3 Å². The zero-order valence-electron chi connectivity index (χ0n) is 14.0. The van der Waals surface area contributed by atoms with E-state index >= 15 is 0 Å². The molecule has 0 aliphatic carbocycles. The van der Waals surface area contributed by atoms with Crippen LogP contribution in [0.25, 0.3) is 0 Å². The molecule has 6 heteroatoms. The highest BCUT2D eigenvalue weighted by atomic mass is 19.1. The topological polar surface area (TPSA) is 59.3 Å². The number of ether oxygens (including phenoxy) is 1. The number of methoxy groups -OCH3 is 1. The van der Waals surface area contributed by atoms with Crippen LogP contribution in [0.2, 0.25) is 0 Å². The Kier molecular flexibility index (Phi) is 5.74. The lowest BCUT2D eigenvalue weighted by molar-refractivity contribution is 0.173. The number of nitrogens with one attached hydrogen (secondary N) is 1. The molecule has 126 valence electrons. The van der Waals surface area contributed by atoms with E-state index in [9.17, 15) is 9.50 Å². The molecule has 2 aromatic rings. The molecule has 5 nitrogen and oxygen atoms in total. The largest absolute Gasteiger partial charge is 0.481 e. The summed E-state index contributed by atoms with van der Waals surface area (Å²) in [7, 11) is 3.46. The Bertz CT molecular complexity index is 655. The fraction of sp³-hybridized carbons (Fsp3) is 0.471. The molecule has 0 amide bonds. The van der Waals surface area contributed by atoms with Crippen LogP contribution in [-0.4, -0.2) is 28.5 Å². The van der Waals surface area contributed by atoms with E-state index in [2.05, 4.69) is 24.3 Å². The number of hydrogen-bond acceptors (Lipinski definition) is 4. The average Bonchev–Trinajstić information content (AvgIpc) is 2.83. The molecule has 0 bridgehead atoms. The maximum absolute atomic E-state index is 13.2. The summed E-state index contributed by atoms with van der Waals surface area (Å²) in [4.78, 5) is 0. The predicted molar refractivity (Wildman–Crippen MR) is 86.9 cm³/mol. The van der Waals surface area contributed by atoms with Gasteiger partial charge in [0.1, 0.15) is 5.82 Å². The molecule has 0 spiro atoms. The summed E-state index contributed by atoms with van der Waals surface area (Å²) < 4.78 is 20.3. The van der Waals surface area contributed by atoms with E-state index in [4.69, 9.17) is 4.74 Å². The number of aromatic nitrogens is 2. The summed E-state index contributed by atoms with van der Waals surface area (Å²) in [6, 6.07) is 6.00. The van der Waals surface area contributed by atoms with Crippen molar-refractivity contribution in [3.8, 4) is 5.88 Å². The number of nitrogens with zero attached hydrogens (tertiary/aromatic N) is 2. The van der Waals surface area contributed by atoms with Gasteiger partial charge in [-0.15, -0.1) is 0 Å². The van der Waals surface area contributed by atoms with Crippen molar-refractivity contribution in [1.82, 2.24) is 15.1 Å². The number of aryl methyl sites for hydroxylation is 1. The molecule has 1 heterocycles. The lowest BCUT2D eigenvalue weighted by atomic mass is 10.1.